The van der Waals surface area contributed by atoms with E-state index in [2.05, 4.69) is 10.3 Å². The highest BCUT2D eigenvalue weighted by Crippen LogP contribution is 2.26. The van der Waals surface area contributed by atoms with Gasteiger partial charge in [-0.15, -0.1) is 0 Å². The lowest BCUT2D eigenvalue weighted by Gasteiger charge is -2.36. The molecule has 0 radical (unpaired) electrons. The third-order valence-corrected chi connectivity index (χ3v) is 6.17. The molecule has 9 nitrogen and oxygen atoms in total. The second-order valence-electron chi connectivity index (χ2n) is 10.1. The number of esters is 1. The molecule has 3 aromatic rings. The number of carbonyl (C=O) groups excluding carboxylic acids is 3. The van der Waals surface area contributed by atoms with Crippen LogP contribution in [0.3, 0.4) is 0 Å². The molecule has 2 aromatic carbocycles. The Bertz CT molecular complexity index is 1360. The Morgan fingerprint density at radius 1 is 1.05 bits per heavy atom. The van der Waals surface area contributed by atoms with Gasteiger partial charge in [0.25, 0.3) is 0 Å². The number of ether oxygens (including phenoxy) is 3. The second kappa shape index (κ2) is 11.7. The first-order valence-electron chi connectivity index (χ1n) is 12.4. The van der Waals surface area contributed by atoms with Crippen LogP contribution >= 0.6 is 11.6 Å². The van der Waals surface area contributed by atoms with Crippen LogP contribution in [0.15, 0.2) is 66.9 Å². The number of carbonyl (C=O) groups is 3. The summed E-state index contributed by atoms with van der Waals surface area (Å²) in [4.78, 5) is 43.9. The fraction of sp³-hybridized carbons (Fsp3) is 0.310. The molecule has 1 N–H and O–H groups in total. The van der Waals surface area contributed by atoms with Gasteiger partial charge < -0.3 is 19.5 Å². The fourth-order valence-corrected chi connectivity index (χ4v) is 4.15. The molecule has 0 spiro atoms. The lowest BCUT2D eigenvalue weighted by atomic mass is 9.91. The van der Waals surface area contributed by atoms with E-state index in [1.54, 1.807) is 64.4 Å². The number of nitrogens with zero attached hydrogens (tertiary/aromatic N) is 2. The zero-order valence-corrected chi connectivity index (χ0v) is 22.9. The van der Waals surface area contributed by atoms with Gasteiger partial charge in [0, 0.05) is 11.2 Å². The van der Waals surface area contributed by atoms with Crippen LogP contribution in [0.4, 0.5) is 10.6 Å². The minimum Gasteiger partial charge on any atom is -0.497 e. The standard InChI is InChI=1S/C29H30ClN3O6/c1-29(2,3)39-28(36)33(17-18-8-10-22(37-4)11-9-18)24-15-19(12-13-31-24)14-23-25(34)32-26(23)38-27(35)20-6-5-7-21(30)16-20/h5-13,15-16,23,26H,14,17H2,1-4H3,(H,32,34)/t23-,26+/m0/s1. The van der Waals surface area contributed by atoms with Gasteiger partial charge in [-0.05, 0) is 80.8 Å². The largest absolute Gasteiger partial charge is 0.497 e. The van der Waals surface area contributed by atoms with Crippen molar-refractivity contribution >= 4 is 35.4 Å². The number of amides is 2. The van der Waals surface area contributed by atoms with Crippen molar-refractivity contribution in [2.24, 2.45) is 5.92 Å². The van der Waals surface area contributed by atoms with Crippen LogP contribution in [0.2, 0.25) is 5.02 Å². The first-order valence-corrected chi connectivity index (χ1v) is 12.8. The van der Waals surface area contributed by atoms with Crippen LogP contribution in [-0.2, 0) is 27.2 Å². The molecule has 2 heterocycles. The molecule has 204 valence electrons. The summed E-state index contributed by atoms with van der Waals surface area (Å²) in [5.41, 5.74) is 1.17. The molecule has 0 bridgehead atoms. The molecule has 1 aliphatic heterocycles. The topological polar surface area (TPSA) is 107 Å². The number of methoxy groups -OCH3 is 1. The third kappa shape index (κ3) is 7.26. The number of benzene rings is 2. The SMILES string of the molecule is COc1ccc(CN(C(=O)OC(C)(C)C)c2cc(C[C@H]3C(=O)N[C@@H]3OC(=O)c3cccc(Cl)c3)ccn2)cc1. The van der Waals surface area contributed by atoms with Crippen molar-refractivity contribution in [2.75, 3.05) is 12.0 Å². The van der Waals surface area contributed by atoms with Gasteiger partial charge >= 0.3 is 12.1 Å². The van der Waals surface area contributed by atoms with Crippen molar-refractivity contribution in [2.45, 2.75) is 45.6 Å². The summed E-state index contributed by atoms with van der Waals surface area (Å²) in [5, 5.41) is 3.04. The van der Waals surface area contributed by atoms with E-state index in [1.165, 1.54) is 11.0 Å². The van der Waals surface area contributed by atoms with Crippen molar-refractivity contribution in [1.29, 1.82) is 0 Å². The molecule has 1 saturated heterocycles. The van der Waals surface area contributed by atoms with Crippen LogP contribution in [0.1, 0.15) is 42.3 Å². The molecule has 2 amide bonds. The Hall–Kier alpha value is -4.11. The summed E-state index contributed by atoms with van der Waals surface area (Å²) < 4.78 is 16.4. The summed E-state index contributed by atoms with van der Waals surface area (Å²) in [5.74, 6) is -0.352. The lowest BCUT2D eigenvalue weighted by Crippen LogP contribution is -2.60. The smallest absolute Gasteiger partial charge is 0.416 e. The molecule has 1 aromatic heterocycles. The second-order valence-corrected chi connectivity index (χ2v) is 10.5. The third-order valence-electron chi connectivity index (χ3n) is 5.94. The quantitative estimate of drug-likeness (QED) is 0.304. The van der Waals surface area contributed by atoms with Crippen molar-refractivity contribution in [3.8, 4) is 5.75 Å². The molecule has 39 heavy (non-hydrogen) atoms. The van der Waals surface area contributed by atoms with E-state index in [-0.39, 0.29) is 18.9 Å². The summed E-state index contributed by atoms with van der Waals surface area (Å²) in [6.45, 7) is 5.58. The highest BCUT2D eigenvalue weighted by atomic mass is 35.5. The first-order chi connectivity index (χ1) is 18.5. The van der Waals surface area contributed by atoms with Crippen LogP contribution < -0.4 is 15.0 Å². The van der Waals surface area contributed by atoms with Gasteiger partial charge in [-0.3, -0.25) is 9.69 Å². The van der Waals surface area contributed by atoms with E-state index in [1.807, 2.05) is 24.3 Å². The number of pyridine rings is 1. The van der Waals surface area contributed by atoms with E-state index < -0.39 is 29.8 Å². The molecule has 4 rings (SSSR count). The maximum Gasteiger partial charge on any atom is 0.416 e. The maximum atomic E-state index is 13.2. The minimum absolute atomic E-state index is 0.207. The highest BCUT2D eigenvalue weighted by Gasteiger charge is 2.42. The van der Waals surface area contributed by atoms with Gasteiger partial charge in [0.1, 0.15) is 17.2 Å². The molecule has 0 saturated carbocycles. The van der Waals surface area contributed by atoms with Gasteiger partial charge in [0.05, 0.1) is 25.1 Å². The summed E-state index contributed by atoms with van der Waals surface area (Å²) >= 11 is 5.97. The maximum absolute atomic E-state index is 13.2. The van der Waals surface area contributed by atoms with Gasteiger partial charge in [-0.25, -0.2) is 14.6 Å². The van der Waals surface area contributed by atoms with Gasteiger partial charge in [0.15, 0.2) is 6.23 Å². The number of hydrogen-bond acceptors (Lipinski definition) is 7. The molecule has 1 aliphatic rings. The van der Waals surface area contributed by atoms with Crippen molar-refractivity contribution < 1.29 is 28.6 Å². The Kier molecular flexibility index (Phi) is 8.40. The van der Waals surface area contributed by atoms with Crippen LogP contribution in [0.5, 0.6) is 5.75 Å². The Labute approximate surface area is 232 Å². The average Bonchev–Trinajstić information content (AvgIpc) is 2.89. The molecule has 0 unspecified atom stereocenters. The minimum atomic E-state index is -0.790. The number of nitrogens with one attached hydrogen (secondary N) is 1. The van der Waals surface area contributed by atoms with E-state index in [4.69, 9.17) is 25.8 Å². The fourth-order valence-electron chi connectivity index (χ4n) is 3.96. The Balaban J connectivity index is 1.51. The number of anilines is 1. The number of rotatable bonds is 8. The van der Waals surface area contributed by atoms with E-state index in [0.717, 1.165) is 11.1 Å². The summed E-state index contributed by atoms with van der Waals surface area (Å²) in [7, 11) is 1.59. The zero-order chi connectivity index (χ0) is 28.2. The van der Waals surface area contributed by atoms with Gasteiger partial charge in [-0.2, -0.15) is 0 Å². The van der Waals surface area contributed by atoms with E-state index in [9.17, 15) is 14.4 Å². The number of β-lactam (4-membered cyclic amide) rings is 1. The van der Waals surface area contributed by atoms with Crippen molar-refractivity contribution in [1.82, 2.24) is 10.3 Å². The van der Waals surface area contributed by atoms with Crippen LogP contribution in [0, 0.1) is 5.92 Å². The van der Waals surface area contributed by atoms with Crippen molar-refractivity contribution in [3.05, 3.63) is 88.6 Å². The lowest BCUT2D eigenvalue weighted by molar-refractivity contribution is -0.147. The molecule has 0 aliphatic carbocycles. The molecule has 2 atom stereocenters. The van der Waals surface area contributed by atoms with Gasteiger partial charge in [0.2, 0.25) is 5.91 Å². The van der Waals surface area contributed by atoms with Gasteiger partial charge in [-0.1, -0.05) is 29.8 Å². The van der Waals surface area contributed by atoms with E-state index >= 15 is 0 Å². The first kappa shape index (κ1) is 27.9. The molecular weight excluding hydrogens is 522 g/mol. The normalized spacial score (nSPS) is 16.5. The van der Waals surface area contributed by atoms with E-state index in [0.29, 0.717) is 22.2 Å². The van der Waals surface area contributed by atoms with Crippen LogP contribution in [-0.4, -0.2) is 41.9 Å². The number of hydrogen-bond donors (Lipinski definition) is 1. The molecular formula is C29H30ClN3O6. The summed E-state index contributed by atoms with van der Waals surface area (Å²) in [6.07, 6.45) is 0.499. The predicted molar refractivity (Wildman–Crippen MR) is 146 cm³/mol. The average molecular weight is 552 g/mol. The summed E-state index contributed by atoms with van der Waals surface area (Å²) in [6, 6.07) is 17.2. The van der Waals surface area contributed by atoms with Crippen molar-refractivity contribution in [3.63, 3.8) is 0 Å². The monoisotopic (exact) mass is 551 g/mol. The number of halogens is 1. The highest BCUT2D eigenvalue weighted by molar-refractivity contribution is 6.30. The number of aromatic nitrogens is 1. The molecule has 1 fully saturated rings. The van der Waals surface area contributed by atoms with Crippen LogP contribution in [0.25, 0.3) is 0 Å². The predicted octanol–water partition coefficient (Wildman–Crippen LogP) is 5.16. The zero-order valence-electron chi connectivity index (χ0n) is 22.1. The Morgan fingerprint density at radius 2 is 1.79 bits per heavy atom. The Morgan fingerprint density at radius 3 is 2.44 bits per heavy atom. The molecule has 10 heteroatoms.